The van der Waals surface area contributed by atoms with Crippen molar-refractivity contribution in [3.05, 3.63) is 29.3 Å². The lowest BCUT2D eigenvalue weighted by Crippen LogP contribution is -3.11. The van der Waals surface area contributed by atoms with E-state index >= 15 is 0 Å². The van der Waals surface area contributed by atoms with Gasteiger partial charge in [0.2, 0.25) is 0 Å². The topological polar surface area (TPSA) is 62.6 Å². The largest absolute Gasteiger partial charge is 0.351 e. The van der Waals surface area contributed by atoms with E-state index < -0.39 is 0 Å². The summed E-state index contributed by atoms with van der Waals surface area (Å²) in [5.74, 6) is 0.324. The summed E-state index contributed by atoms with van der Waals surface area (Å²) in [5, 5.41) is 5.77. The number of carbonyl (C=O) groups is 2. The fourth-order valence-electron chi connectivity index (χ4n) is 2.07. The van der Waals surface area contributed by atoms with E-state index in [4.69, 9.17) is 0 Å². The predicted octanol–water partition coefficient (Wildman–Crippen LogP) is 0.529. The first-order chi connectivity index (χ1) is 10.3. The molecule has 0 fully saturated rings. The van der Waals surface area contributed by atoms with Crippen LogP contribution in [0.15, 0.2) is 18.2 Å². The average Bonchev–Trinajstić information content (AvgIpc) is 2.41. The molecule has 0 aromatic heterocycles. The summed E-state index contributed by atoms with van der Waals surface area (Å²) in [4.78, 5) is 24.7. The molecule has 0 aliphatic carbocycles. The Morgan fingerprint density at radius 3 is 2.41 bits per heavy atom. The second-order valence-corrected chi connectivity index (χ2v) is 6.30. The molecule has 0 saturated heterocycles. The van der Waals surface area contributed by atoms with Crippen molar-refractivity contribution in [1.29, 1.82) is 0 Å². The lowest BCUT2D eigenvalue weighted by atomic mass is 10.1. The molecular formula is C17H28N3O2+. The first-order valence-electron chi connectivity index (χ1n) is 7.73. The summed E-state index contributed by atoms with van der Waals surface area (Å²) in [6.45, 7) is 9.33. The molecule has 1 atom stereocenters. The van der Waals surface area contributed by atoms with Gasteiger partial charge < -0.3 is 15.5 Å². The number of nitrogens with one attached hydrogen (secondary N) is 3. The van der Waals surface area contributed by atoms with Crippen molar-refractivity contribution in [2.24, 2.45) is 5.92 Å². The van der Waals surface area contributed by atoms with E-state index in [0.717, 1.165) is 21.7 Å². The molecule has 0 saturated carbocycles. The minimum absolute atomic E-state index is 0.0225. The van der Waals surface area contributed by atoms with Gasteiger partial charge in [0, 0.05) is 12.2 Å². The van der Waals surface area contributed by atoms with Crippen LogP contribution in [0.1, 0.15) is 25.0 Å². The van der Waals surface area contributed by atoms with Crippen LogP contribution in [0.3, 0.4) is 0 Å². The van der Waals surface area contributed by atoms with Gasteiger partial charge in [0.05, 0.1) is 7.05 Å². The lowest BCUT2D eigenvalue weighted by Gasteiger charge is -2.15. The third kappa shape index (κ3) is 6.26. The Labute approximate surface area is 133 Å². The summed E-state index contributed by atoms with van der Waals surface area (Å²) in [7, 11) is 1.84. The third-order valence-corrected chi connectivity index (χ3v) is 3.51. The Kier molecular flexibility index (Phi) is 7.05. The fourth-order valence-corrected chi connectivity index (χ4v) is 2.07. The summed E-state index contributed by atoms with van der Waals surface area (Å²) in [5.41, 5.74) is 3.05. The van der Waals surface area contributed by atoms with E-state index in [1.165, 1.54) is 0 Å². The molecule has 0 heterocycles. The molecule has 1 unspecified atom stereocenters. The van der Waals surface area contributed by atoms with Gasteiger partial charge in [-0.05, 0) is 37.0 Å². The zero-order valence-electron chi connectivity index (χ0n) is 14.2. The molecule has 5 nitrogen and oxygen atoms in total. The van der Waals surface area contributed by atoms with E-state index in [0.29, 0.717) is 19.0 Å². The maximum Gasteiger partial charge on any atom is 0.279 e. The SMILES string of the molecule is Cc1cccc(NC(=O)C[NH+](C)CC(=O)NCC(C)C)c1C. The van der Waals surface area contributed by atoms with Gasteiger partial charge in [0.1, 0.15) is 0 Å². The Balaban J connectivity index is 2.44. The molecule has 1 aromatic rings. The van der Waals surface area contributed by atoms with Crippen molar-refractivity contribution in [1.82, 2.24) is 5.32 Å². The van der Waals surface area contributed by atoms with Crippen molar-refractivity contribution in [2.75, 3.05) is 32.0 Å². The van der Waals surface area contributed by atoms with Crippen molar-refractivity contribution >= 4 is 17.5 Å². The van der Waals surface area contributed by atoms with Crippen LogP contribution >= 0.6 is 0 Å². The van der Waals surface area contributed by atoms with Gasteiger partial charge in [0.25, 0.3) is 11.8 Å². The number of aryl methyl sites for hydroxylation is 1. The van der Waals surface area contributed by atoms with Crippen LogP contribution in [0.25, 0.3) is 0 Å². The van der Waals surface area contributed by atoms with Gasteiger partial charge in [-0.1, -0.05) is 26.0 Å². The maximum absolute atomic E-state index is 12.1. The molecule has 1 aromatic carbocycles. The van der Waals surface area contributed by atoms with Crippen LogP contribution in [0.4, 0.5) is 5.69 Å². The Bertz CT molecular complexity index is 527. The number of hydrogen-bond donors (Lipinski definition) is 3. The summed E-state index contributed by atoms with van der Waals surface area (Å²) >= 11 is 0. The van der Waals surface area contributed by atoms with Crippen LogP contribution < -0.4 is 15.5 Å². The maximum atomic E-state index is 12.1. The first kappa shape index (κ1) is 18.2. The standard InChI is InChI=1S/C17H27N3O2/c1-12(2)9-18-16(21)10-20(5)11-17(22)19-15-8-6-7-13(3)14(15)4/h6-8,12H,9-11H2,1-5H3,(H,18,21)(H,19,22)/p+1. The number of amides is 2. The number of rotatable bonds is 7. The predicted molar refractivity (Wildman–Crippen MR) is 89.0 cm³/mol. The van der Waals surface area contributed by atoms with Crippen molar-refractivity contribution in [2.45, 2.75) is 27.7 Å². The van der Waals surface area contributed by atoms with Crippen LogP contribution in [-0.4, -0.2) is 38.5 Å². The average molecular weight is 306 g/mol. The highest BCUT2D eigenvalue weighted by Gasteiger charge is 2.15. The molecule has 122 valence electrons. The van der Waals surface area contributed by atoms with Gasteiger partial charge in [0.15, 0.2) is 13.1 Å². The fraction of sp³-hybridized carbons (Fsp3) is 0.529. The smallest absolute Gasteiger partial charge is 0.279 e. The number of anilines is 1. The van der Waals surface area contributed by atoms with Crippen molar-refractivity contribution < 1.29 is 14.5 Å². The van der Waals surface area contributed by atoms with Gasteiger partial charge in [-0.2, -0.15) is 0 Å². The van der Waals surface area contributed by atoms with E-state index in [1.807, 2.05) is 39.1 Å². The van der Waals surface area contributed by atoms with E-state index in [-0.39, 0.29) is 18.4 Å². The molecule has 0 radical (unpaired) electrons. The van der Waals surface area contributed by atoms with Crippen molar-refractivity contribution in [3.63, 3.8) is 0 Å². The summed E-state index contributed by atoms with van der Waals surface area (Å²) < 4.78 is 0. The zero-order chi connectivity index (χ0) is 16.7. The molecular weight excluding hydrogens is 278 g/mol. The number of likely N-dealkylation sites (N-methyl/N-ethyl adjacent to an activating group) is 1. The Morgan fingerprint density at radius 2 is 1.77 bits per heavy atom. The van der Waals surface area contributed by atoms with Crippen molar-refractivity contribution in [3.8, 4) is 0 Å². The molecule has 0 aliphatic rings. The highest BCUT2D eigenvalue weighted by Crippen LogP contribution is 2.17. The summed E-state index contributed by atoms with van der Waals surface area (Å²) in [6.07, 6.45) is 0. The molecule has 2 amide bonds. The molecule has 5 heteroatoms. The lowest BCUT2D eigenvalue weighted by molar-refractivity contribution is -0.862. The quantitative estimate of drug-likeness (QED) is 0.688. The summed E-state index contributed by atoms with van der Waals surface area (Å²) in [6, 6.07) is 5.83. The van der Waals surface area contributed by atoms with E-state index in [1.54, 1.807) is 0 Å². The second kappa shape index (κ2) is 8.54. The first-order valence-corrected chi connectivity index (χ1v) is 7.73. The second-order valence-electron chi connectivity index (χ2n) is 6.30. The van der Waals surface area contributed by atoms with Gasteiger partial charge >= 0.3 is 0 Å². The number of quaternary nitrogens is 1. The number of benzene rings is 1. The Morgan fingerprint density at radius 1 is 1.14 bits per heavy atom. The normalized spacial score (nSPS) is 12.1. The third-order valence-electron chi connectivity index (χ3n) is 3.51. The van der Waals surface area contributed by atoms with Crippen LogP contribution in [0.2, 0.25) is 0 Å². The van der Waals surface area contributed by atoms with E-state index in [2.05, 4.69) is 24.5 Å². The van der Waals surface area contributed by atoms with Crippen LogP contribution in [0, 0.1) is 19.8 Å². The van der Waals surface area contributed by atoms with Gasteiger partial charge in [-0.25, -0.2) is 0 Å². The van der Waals surface area contributed by atoms with Gasteiger partial charge in [-0.3, -0.25) is 9.59 Å². The number of carbonyl (C=O) groups excluding carboxylic acids is 2. The molecule has 1 rings (SSSR count). The minimum Gasteiger partial charge on any atom is -0.351 e. The molecule has 3 N–H and O–H groups in total. The molecule has 0 aliphatic heterocycles. The van der Waals surface area contributed by atoms with Gasteiger partial charge in [-0.15, -0.1) is 0 Å². The Hall–Kier alpha value is -1.88. The van der Waals surface area contributed by atoms with Crippen LogP contribution in [-0.2, 0) is 9.59 Å². The highest BCUT2D eigenvalue weighted by molar-refractivity contribution is 5.92. The monoisotopic (exact) mass is 306 g/mol. The highest BCUT2D eigenvalue weighted by atomic mass is 16.2. The number of hydrogen-bond acceptors (Lipinski definition) is 2. The minimum atomic E-state index is -0.0807. The molecule has 22 heavy (non-hydrogen) atoms. The molecule has 0 spiro atoms. The van der Waals surface area contributed by atoms with Crippen LogP contribution in [0.5, 0.6) is 0 Å². The van der Waals surface area contributed by atoms with E-state index in [9.17, 15) is 9.59 Å². The molecule has 0 bridgehead atoms. The zero-order valence-corrected chi connectivity index (χ0v) is 14.2.